The first-order chi connectivity index (χ1) is 8.29. The molecule has 0 N–H and O–H groups in total. The standard InChI is InChI=1S/C14H9ClO2/c1-2-11-12-7-10(15)3-4-13(12)17-8-9-5-6-16-14(9)11/h1,3-7,11H,8H2. The number of hydrogen-bond acceptors (Lipinski definition) is 2. The van der Waals surface area contributed by atoms with E-state index < -0.39 is 0 Å². The Kier molecular flexibility index (Phi) is 2.35. The van der Waals surface area contributed by atoms with Crippen LogP contribution in [0.3, 0.4) is 0 Å². The Balaban J connectivity index is 2.23. The summed E-state index contributed by atoms with van der Waals surface area (Å²) in [6, 6.07) is 7.35. The van der Waals surface area contributed by atoms with E-state index in [1.54, 1.807) is 12.3 Å². The zero-order valence-corrected chi connectivity index (χ0v) is 9.70. The van der Waals surface area contributed by atoms with E-state index in [4.69, 9.17) is 27.2 Å². The minimum atomic E-state index is -0.240. The smallest absolute Gasteiger partial charge is 0.129 e. The molecule has 1 aliphatic heterocycles. The largest absolute Gasteiger partial charge is 0.488 e. The van der Waals surface area contributed by atoms with Crippen molar-refractivity contribution in [1.29, 1.82) is 0 Å². The number of ether oxygens (including phenoxy) is 1. The van der Waals surface area contributed by atoms with Gasteiger partial charge in [-0.15, -0.1) is 6.42 Å². The minimum Gasteiger partial charge on any atom is -0.488 e. The van der Waals surface area contributed by atoms with Crippen LogP contribution in [0.25, 0.3) is 0 Å². The van der Waals surface area contributed by atoms with E-state index in [0.29, 0.717) is 11.6 Å². The molecular formula is C14H9ClO2. The van der Waals surface area contributed by atoms with Gasteiger partial charge in [0.25, 0.3) is 0 Å². The summed E-state index contributed by atoms with van der Waals surface area (Å²) in [4.78, 5) is 0. The second-order valence-corrected chi connectivity index (χ2v) is 4.32. The Morgan fingerprint density at radius 2 is 2.24 bits per heavy atom. The van der Waals surface area contributed by atoms with E-state index in [2.05, 4.69) is 5.92 Å². The summed E-state index contributed by atoms with van der Waals surface area (Å²) in [6.07, 6.45) is 7.24. The summed E-state index contributed by atoms with van der Waals surface area (Å²) < 4.78 is 11.2. The van der Waals surface area contributed by atoms with E-state index in [0.717, 1.165) is 22.6 Å². The first-order valence-corrected chi connectivity index (χ1v) is 5.62. The molecule has 0 aliphatic carbocycles. The molecule has 0 bridgehead atoms. The third-order valence-electron chi connectivity index (χ3n) is 2.88. The molecular weight excluding hydrogens is 236 g/mol. The van der Waals surface area contributed by atoms with Gasteiger partial charge in [0.15, 0.2) is 0 Å². The van der Waals surface area contributed by atoms with Crippen molar-refractivity contribution < 1.29 is 9.15 Å². The van der Waals surface area contributed by atoms with Crippen LogP contribution >= 0.6 is 11.6 Å². The fourth-order valence-electron chi connectivity index (χ4n) is 2.06. The zero-order chi connectivity index (χ0) is 11.8. The van der Waals surface area contributed by atoms with Gasteiger partial charge in [-0.2, -0.15) is 0 Å². The SMILES string of the molecule is C#CC1c2cc(Cl)ccc2OCc2ccoc21. The molecule has 2 nitrogen and oxygen atoms in total. The van der Waals surface area contributed by atoms with E-state index in [1.807, 2.05) is 18.2 Å². The van der Waals surface area contributed by atoms with Gasteiger partial charge in [0.1, 0.15) is 24.0 Å². The van der Waals surface area contributed by atoms with Crippen molar-refractivity contribution >= 4 is 11.6 Å². The van der Waals surface area contributed by atoms with E-state index in [1.165, 1.54) is 0 Å². The molecule has 2 heterocycles. The van der Waals surface area contributed by atoms with Gasteiger partial charge in [-0.25, -0.2) is 0 Å². The first-order valence-electron chi connectivity index (χ1n) is 5.24. The molecule has 0 saturated heterocycles. The minimum absolute atomic E-state index is 0.240. The maximum absolute atomic E-state index is 6.00. The molecule has 3 rings (SSSR count). The Labute approximate surface area is 104 Å². The molecule has 1 atom stereocenters. The summed E-state index contributed by atoms with van der Waals surface area (Å²) in [5, 5.41) is 0.641. The van der Waals surface area contributed by atoms with Gasteiger partial charge < -0.3 is 9.15 Å². The molecule has 0 fully saturated rings. The maximum Gasteiger partial charge on any atom is 0.129 e. The molecule has 0 spiro atoms. The van der Waals surface area contributed by atoms with E-state index in [9.17, 15) is 0 Å². The second kappa shape index (κ2) is 3.87. The zero-order valence-electron chi connectivity index (χ0n) is 8.94. The summed E-state index contributed by atoms with van der Waals surface area (Å²) in [7, 11) is 0. The molecule has 17 heavy (non-hydrogen) atoms. The van der Waals surface area contributed by atoms with Gasteiger partial charge >= 0.3 is 0 Å². The van der Waals surface area contributed by atoms with Gasteiger partial charge in [-0.3, -0.25) is 0 Å². The molecule has 1 aromatic carbocycles. The molecule has 0 radical (unpaired) electrons. The highest BCUT2D eigenvalue weighted by Crippen LogP contribution is 2.38. The Morgan fingerprint density at radius 3 is 3.06 bits per heavy atom. The molecule has 3 heteroatoms. The lowest BCUT2D eigenvalue weighted by molar-refractivity contribution is 0.306. The molecule has 2 aromatic rings. The van der Waals surface area contributed by atoms with Crippen LogP contribution in [0.4, 0.5) is 0 Å². The lowest BCUT2D eigenvalue weighted by Crippen LogP contribution is -1.97. The average molecular weight is 245 g/mol. The predicted octanol–water partition coefficient (Wildman–Crippen LogP) is 3.59. The monoisotopic (exact) mass is 244 g/mol. The molecule has 0 amide bonds. The van der Waals surface area contributed by atoms with Crippen LogP contribution in [0.2, 0.25) is 5.02 Å². The number of furan rings is 1. The van der Waals surface area contributed by atoms with E-state index >= 15 is 0 Å². The number of terminal acetylenes is 1. The van der Waals surface area contributed by atoms with Gasteiger partial charge in [0.2, 0.25) is 0 Å². The number of halogens is 1. The van der Waals surface area contributed by atoms with Crippen molar-refractivity contribution in [1.82, 2.24) is 0 Å². The molecule has 1 unspecified atom stereocenters. The number of rotatable bonds is 0. The van der Waals surface area contributed by atoms with Crippen molar-refractivity contribution in [2.24, 2.45) is 0 Å². The fraction of sp³-hybridized carbons (Fsp3) is 0.143. The van der Waals surface area contributed by atoms with Crippen LogP contribution in [0.1, 0.15) is 22.8 Å². The number of fused-ring (bicyclic) bond motifs is 2. The summed E-state index contributed by atoms with van der Waals surface area (Å²) in [5.41, 5.74) is 1.87. The first kappa shape index (κ1) is 10.3. The van der Waals surface area contributed by atoms with Crippen molar-refractivity contribution in [2.45, 2.75) is 12.5 Å². The van der Waals surface area contributed by atoms with Crippen molar-refractivity contribution in [3.05, 3.63) is 52.4 Å². The Morgan fingerprint density at radius 1 is 1.35 bits per heavy atom. The number of hydrogen-bond donors (Lipinski definition) is 0. The van der Waals surface area contributed by atoms with Gasteiger partial charge in [-0.05, 0) is 24.3 Å². The van der Waals surface area contributed by atoms with Crippen LogP contribution < -0.4 is 4.74 Å². The van der Waals surface area contributed by atoms with Gasteiger partial charge in [0, 0.05) is 16.1 Å². The normalized spacial score (nSPS) is 17.3. The van der Waals surface area contributed by atoms with Crippen LogP contribution in [0.5, 0.6) is 5.75 Å². The van der Waals surface area contributed by atoms with Crippen LogP contribution in [-0.4, -0.2) is 0 Å². The third kappa shape index (κ3) is 1.60. The quantitative estimate of drug-likeness (QED) is 0.661. The highest BCUT2D eigenvalue weighted by molar-refractivity contribution is 6.30. The van der Waals surface area contributed by atoms with Gasteiger partial charge in [-0.1, -0.05) is 17.5 Å². The van der Waals surface area contributed by atoms with Crippen molar-refractivity contribution in [2.75, 3.05) is 0 Å². The Bertz CT molecular complexity index is 607. The molecule has 1 aromatic heterocycles. The third-order valence-corrected chi connectivity index (χ3v) is 3.11. The molecule has 0 saturated carbocycles. The highest BCUT2D eigenvalue weighted by Gasteiger charge is 2.26. The van der Waals surface area contributed by atoms with Crippen LogP contribution in [0.15, 0.2) is 34.9 Å². The van der Waals surface area contributed by atoms with Crippen molar-refractivity contribution in [3.8, 4) is 18.1 Å². The lowest BCUT2D eigenvalue weighted by Gasteiger charge is -2.11. The topological polar surface area (TPSA) is 22.4 Å². The summed E-state index contributed by atoms with van der Waals surface area (Å²) in [6.45, 7) is 0.471. The maximum atomic E-state index is 6.00. The number of benzene rings is 1. The summed E-state index contributed by atoms with van der Waals surface area (Å²) in [5.74, 6) is 4.04. The second-order valence-electron chi connectivity index (χ2n) is 3.88. The fourth-order valence-corrected chi connectivity index (χ4v) is 2.24. The molecule has 1 aliphatic rings. The highest BCUT2D eigenvalue weighted by atomic mass is 35.5. The van der Waals surface area contributed by atoms with Crippen LogP contribution in [0, 0.1) is 12.3 Å². The summed E-state index contributed by atoms with van der Waals surface area (Å²) >= 11 is 6.00. The molecule has 84 valence electrons. The average Bonchev–Trinajstić information content (AvgIpc) is 2.72. The Hall–Kier alpha value is -1.85. The van der Waals surface area contributed by atoms with E-state index in [-0.39, 0.29) is 5.92 Å². The van der Waals surface area contributed by atoms with Crippen LogP contribution in [-0.2, 0) is 6.61 Å². The lowest BCUT2D eigenvalue weighted by atomic mass is 9.95. The van der Waals surface area contributed by atoms with Gasteiger partial charge in [0.05, 0.1) is 6.26 Å². The van der Waals surface area contributed by atoms with Crippen molar-refractivity contribution in [3.63, 3.8) is 0 Å². The predicted molar refractivity (Wildman–Crippen MR) is 65.2 cm³/mol.